The highest BCUT2D eigenvalue weighted by Crippen LogP contribution is 2.17. The number of nitrogens with one attached hydrogen (secondary N) is 2. The summed E-state index contributed by atoms with van der Waals surface area (Å²) in [5.74, 6) is 2.19. The van der Waals surface area contributed by atoms with Gasteiger partial charge in [-0.25, -0.2) is 4.99 Å². The van der Waals surface area contributed by atoms with Crippen molar-refractivity contribution in [2.45, 2.75) is 72.4 Å². The number of benzene rings is 1. The minimum atomic E-state index is -0.0123. The molecule has 2 rings (SSSR count). The van der Waals surface area contributed by atoms with Crippen LogP contribution in [-0.4, -0.2) is 55.1 Å². The van der Waals surface area contributed by atoms with E-state index in [1.165, 1.54) is 5.56 Å². The molecule has 1 aromatic rings. The van der Waals surface area contributed by atoms with Crippen LogP contribution < -0.4 is 15.4 Å². The molecular weight excluding hydrogens is 376 g/mol. The van der Waals surface area contributed by atoms with Gasteiger partial charge < -0.3 is 20.3 Å². The lowest BCUT2D eigenvalue weighted by Gasteiger charge is -2.35. The summed E-state index contributed by atoms with van der Waals surface area (Å²) in [4.78, 5) is 19.4. The number of hydrogen-bond donors (Lipinski definition) is 2. The van der Waals surface area contributed by atoms with Crippen LogP contribution in [0.1, 0.15) is 58.9 Å². The lowest BCUT2D eigenvalue weighted by molar-refractivity contribution is -0.136. The molecule has 6 heteroatoms. The first-order chi connectivity index (χ1) is 14.5. The van der Waals surface area contributed by atoms with E-state index in [4.69, 9.17) is 9.73 Å². The second kappa shape index (κ2) is 12.5. The Morgan fingerprint density at radius 3 is 2.53 bits per heavy atom. The van der Waals surface area contributed by atoms with E-state index in [2.05, 4.69) is 44.4 Å². The average Bonchev–Trinajstić information content (AvgIpc) is 2.73. The number of carbonyl (C=O) groups excluding carboxylic acids is 1. The molecule has 0 radical (unpaired) electrons. The van der Waals surface area contributed by atoms with E-state index in [-0.39, 0.29) is 12.0 Å². The topological polar surface area (TPSA) is 66.0 Å². The number of ether oxygens (including phenoxy) is 1. The zero-order valence-electron chi connectivity index (χ0n) is 19.4. The van der Waals surface area contributed by atoms with Gasteiger partial charge in [-0.1, -0.05) is 26.0 Å². The van der Waals surface area contributed by atoms with Crippen molar-refractivity contribution < 1.29 is 9.53 Å². The first-order valence-corrected chi connectivity index (χ1v) is 11.5. The van der Waals surface area contributed by atoms with Gasteiger partial charge in [-0.15, -0.1) is 0 Å². The van der Waals surface area contributed by atoms with E-state index < -0.39 is 0 Å². The molecule has 30 heavy (non-hydrogen) atoms. The number of carbonyl (C=O) groups is 1. The first-order valence-electron chi connectivity index (χ1n) is 11.5. The molecule has 1 unspecified atom stereocenters. The third-order valence-electron chi connectivity index (χ3n) is 5.66. The van der Waals surface area contributed by atoms with Crippen molar-refractivity contribution in [2.24, 2.45) is 10.9 Å². The van der Waals surface area contributed by atoms with Gasteiger partial charge in [0.2, 0.25) is 5.91 Å². The molecule has 0 bridgehead atoms. The summed E-state index contributed by atoms with van der Waals surface area (Å²) in [7, 11) is 0. The third-order valence-corrected chi connectivity index (χ3v) is 5.66. The van der Waals surface area contributed by atoms with E-state index in [0.717, 1.165) is 57.0 Å². The number of amides is 1. The quantitative estimate of drug-likeness (QED) is 0.475. The van der Waals surface area contributed by atoms with Gasteiger partial charge in [-0.3, -0.25) is 4.79 Å². The molecule has 0 aromatic heterocycles. The summed E-state index contributed by atoms with van der Waals surface area (Å²) in [6, 6.07) is 8.42. The normalized spacial score (nSPS) is 16.5. The van der Waals surface area contributed by atoms with Crippen LogP contribution in [0.15, 0.2) is 29.3 Å². The van der Waals surface area contributed by atoms with Crippen LogP contribution in [0.4, 0.5) is 0 Å². The largest absolute Gasteiger partial charge is 0.489 e. The minimum absolute atomic E-state index is 0.0123. The van der Waals surface area contributed by atoms with Crippen molar-refractivity contribution in [3.8, 4) is 5.75 Å². The van der Waals surface area contributed by atoms with Crippen LogP contribution in [0, 0.1) is 12.8 Å². The number of aliphatic imine (C=N–C) groups is 1. The highest BCUT2D eigenvalue weighted by molar-refractivity contribution is 5.80. The average molecular weight is 417 g/mol. The van der Waals surface area contributed by atoms with E-state index >= 15 is 0 Å². The summed E-state index contributed by atoms with van der Waals surface area (Å²) in [6.07, 6.45) is 3.74. The molecule has 1 saturated heterocycles. The van der Waals surface area contributed by atoms with Crippen LogP contribution in [0.3, 0.4) is 0 Å². The number of rotatable bonds is 9. The van der Waals surface area contributed by atoms with E-state index in [1.54, 1.807) is 0 Å². The molecule has 1 atom stereocenters. The lowest BCUT2D eigenvalue weighted by Crippen LogP contribution is -2.50. The van der Waals surface area contributed by atoms with Crippen LogP contribution in [0.25, 0.3) is 0 Å². The Hall–Kier alpha value is -2.24. The van der Waals surface area contributed by atoms with Crippen molar-refractivity contribution in [3.05, 3.63) is 29.8 Å². The number of piperidine rings is 1. The molecule has 168 valence electrons. The van der Waals surface area contributed by atoms with Gasteiger partial charge in [0.15, 0.2) is 5.96 Å². The maximum atomic E-state index is 12.6. The molecule has 6 nitrogen and oxygen atoms in total. The van der Waals surface area contributed by atoms with Crippen LogP contribution >= 0.6 is 0 Å². The highest BCUT2D eigenvalue weighted by Gasteiger charge is 2.26. The van der Waals surface area contributed by atoms with Crippen LogP contribution in [-0.2, 0) is 4.79 Å². The molecule has 2 N–H and O–H groups in total. The number of aryl methyl sites for hydroxylation is 1. The standard InChI is InChI=1S/C24H40N4O2/c1-6-20(7-2)23(29)28-14-12-21(13-15-28)27-24(25-8-3)26-17-19(5)30-22-11-9-10-18(4)16-22/h9-11,16,19-21H,6-8,12-15,17H2,1-5H3,(H2,25,26,27). The number of likely N-dealkylation sites (tertiary alicyclic amines) is 1. The van der Waals surface area contributed by atoms with Gasteiger partial charge in [0.05, 0.1) is 6.54 Å². The van der Waals surface area contributed by atoms with Gasteiger partial charge in [0, 0.05) is 31.6 Å². The molecule has 1 amide bonds. The van der Waals surface area contributed by atoms with E-state index in [9.17, 15) is 4.79 Å². The van der Waals surface area contributed by atoms with Crippen molar-refractivity contribution in [3.63, 3.8) is 0 Å². The molecule has 0 aliphatic carbocycles. The van der Waals surface area contributed by atoms with Crippen LogP contribution in [0.2, 0.25) is 0 Å². The Kier molecular flexibility index (Phi) is 9.98. The summed E-state index contributed by atoms with van der Waals surface area (Å²) in [5.41, 5.74) is 1.19. The van der Waals surface area contributed by atoms with Gasteiger partial charge in [0.1, 0.15) is 11.9 Å². The number of guanidine groups is 1. The third kappa shape index (κ3) is 7.54. The van der Waals surface area contributed by atoms with Crippen molar-refractivity contribution in [2.75, 3.05) is 26.2 Å². The molecule has 0 saturated carbocycles. The zero-order chi connectivity index (χ0) is 21.9. The maximum absolute atomic E-state index is 12.6. The smallest absolute Gasteiger partial charge is 0.225 e. The molecule has 1 aliphatic heterocycles. The van der Waals surface area contributed by atoms with Crippen molar-refractivity contribution in [1.29, 1.82) is 0 Å². The second-order valence-electron chi connectivity index (χ2n) is 8.22. The molecule has 1 aliphatic rings. The predicted octanol–water partition coefficient (Wildman–Crippen LogP) is 3.74. The minimum Gasteiger partial charge on any atom is -0.489 e. The summed E-state index contributed by atoms with van der Waals surface area (Å²) < 4.78 is 5.99. The SMILES string of the molecule is CCNC(=NCC(C)Oc1cccc(C)c1)NC1CCN(C(=O)C(CC)CC)CC1. The summed E-state index contributed by atoms with van der Waals surface area (Å²) >= 11 is 0. The number of hydrogen-bond acceptors (Lipinski definition) is 3. The Balaban J connectivity index is 1.84. The van der Waals surface area contributed by atoms with Gasteiger partial charge in [0.25, 0.3) is 0 Å². The fourth-order valence-corrected chi connectivity index (χ4v) is 3.83. The van der Waals surface area contributed by atoms with Crippen molar-refractivity contribution in [1.82, 2.24) is 15.5 Å². The summed E-state index contributed by atoms with van der Waals surface area (Å²) in [6.45, 7) is 13.4. The Morgan fingerprint density at radius 2 is 1.93 bits per heavy atom. The zero-order valence-corrected chi connectivity index (χ0v) is 19.4. The maximum Gasteiger partial charge on any atom is 0.225 e. The molecule has 1 aromatic carbocycles. The predicted molar refractivity (Wildman–Crippen MR) is 124 cm³/mol. The Labute approximate surface area is 182 Å². The van der Waals surface area contributed by atoms with Crippen LogP contribution in [0.5, 0.6) is 5.75 Å². The molecular formula is C24H40N4O2. The van der Waals surface area contributed by atoms with Crippen molar-refractivity contribution >= 4 is 11.9 Å². The molecule has 1 fully saturated rings. The van der Waals surface area contributed by atoms with E-state index in [0.29, 0.717) is 18.5 Å². The lowest BCUT2D eigenvalue weighted by atomic mass is 9.98. The Bertz CT molecular complexity index is 680. The van der Waals surface area contributed by atoms with E-state index in [1.807, 2.05) is 30.0 Å². The molecule has 0 spiro atoms. The second-order valence-corrected chi connectivity index (χ2v) is 8.22. The van der Waals surface area contributed by atoms with Gasteiger partial charge in [-0.05, 0) is 64.2 Å². The Morgan fingerprint density at radius 1 is 1.23 bits per heavy atom. The fraction of sp³-hybridized carbons (Fsp3) is 0.667. The van der Waals surface area contributed by atoms with Gasteiger partial charge >= 0.3 is 0 Å². The monoisotopic (exact) mass is 416 g/mol. The highest BCUT2D eigenvalue weighted by atomic mass is 16.5. The van der Waals surface area contributed by atoms with Gasteiger partial charge in [-0.2, -0.15) is 0 Å². The molecule has 1 heterocycles. The summed E-state index contributed by atoms with van der Waals surface area (Å²) in [5, 5.41) is 6.88. The first kappa shape index (κ1) is 24.0. The fourth-order valence-electron chi connectivity index (χ4n) is 3.83. The number of nitrogens with zero attached hydrogens (tertiary/aromatic N) is 2.